The van der Waals surface area contributed by atoms with E-state index in [0.717, 1.165) is 37.2 Å². The van der Waals surface area contributed by atoms with Crippen LogP contribution in [-0.4, -0.2) is 11.7 Å². The topological polar surface area (TPSA) is 29.5 Å². The average molecular weight is 236 g/mol. The van der Waals surface area contributed by atoms with Crippen LogP contribution in [0.5, 0.6) is 5.75 Å². The summed E-state index contributed by atoms with van der Waals surface area (Å²) in [6.45, 7) is 7.05. The summed E-state index contributed by atoms with van der Waals surface area (Å²) in [5, 5.41) is 10.3. The van der Waals surface area contributed by atoms with E-state index in [4.69, 9.17) is 4.74 Å². The molecule has 0 radical (unpaired) electrons. The van der Waals surface area contributed by atoms with Gasteiger partial charge in [-0.2, -0.15) is 0 Å². The van der Waals surface area contributed by atoms with Crippen molar-refractivity contribution in [2.75, 3.05) is 6.61 Å². The first-order valence-corrected chi connectivity index (χ1v) is 6.63. The molecular formula is C15H24O2. The van der Waals surface area contributed by atoms with E-state index in [0.29, 0.717) is 5.92 Å². The summed E-state index contributed by atoms with van der Waals surface area (Å²) in [6, 6.07) is 7.82. The number of hydrogen-bond acceptors (Lipinski definition) is 2. The minimum Gasteiger partial charge on any atom is -0.494 e. The van der Waals surface area contributed by atoms with E-state index in [1.807, 2.05) is 24.3 Å². The lowest BCUT2D eigenvalue weighted by atomic mass is 9.91. The predicted octanol–water partition coefficient (Wildman–Crippen LogP) is 3.95. The van der Waals surface area contributed by atoms with Crippen molar-refractivity contribution in [2.24, 2.45) is 5.92 Å². The number of benzene rings is 1. The fourth-order valence-corrected chi connectivity index (χ4v) is 2.02. The number of hydrogen-bond donors (Lipinski definition) is 1. The highest BCUT2D eigenvalue weighted by molar-refractivity contribution is 5.30. The van der Waals surface area contributed by atoms with Gasteiger partial charge in [-0.25, -0.2) is 0 Å². The molecule has 0 aliphatic rings. The van der Waals surface area contributed by atoms with Gasteiger partial charge in [-0.15, -0.1) is 0 Å². The molecule has 1 atom stereocenters. The van der Waals surface area contributed by atoms with Crippen molar-refractivity contribution in [3.63, 3.8) is 0 Å². The Hall–Kier alpha value is -1.02. The molecule has 0 amide bonds. The summed E-state index contributed by atoms with van der Waals surface area (Å²) in [7, 11) is 0. The second-order valence-corrected chi connectivity index (χ2v) is 4.44. The molecule has 0 bridgehead atoms. The zero-order chi connectivity index (χ0) is 12.7. The lowest BCUT2D eigenvalue weighted by Crippen LogP contribution is -2.11. The first kappa shape index (κ1) is 14.0. The van der Waals surface area contributed by atoms with Crippen molar-refractivity contribution in [3.05, 3.63) is 29.8 Å². The Labute approximate surface area is 105 Å². The van der Waals surface area contributed by atoms with Gasteiger partial charge < -0.3 is 9.84 Å². The second kappa shape index (κ2) is 7.33. The molecular weight excluding hydrogens is 212 g/mol. The van der Waals surface area contributed by atoms with Crippen LogP contribution in [0.15, 0.2) is 24.3 Å². The molecule has 2 nitrogen and oxygen atoms in total. The predicted molar refractivity (Wildman–Crippen MR) is 71.3 cm³/mol. The van der Waals surface area contributed by atoms with E-state index in [1.54, 1.807) is 0 Å². The third-order valence-electron chi connectivity index (χ3n) is 3.17. The van der Waals surface area contributed by atoms with Crippen LogP contribution in [0.2, 0.25) is 0 Å². The van der Waals surface area contributed by atoms with Crippen molar-refractivity contribution in [3.8, 4) is 5.75 Å². The molecule has 0 saturated heterocycles. The van der Waals surface area contributed by atoms with E-state index < -0.39 is 0 Å². The molecule has 0 spiro atoms. The summed E-state index contributed by atoms with van der Waals surface area (Å²) in [5.41, 5.74) is 0.965. The summed E-state index contributed by atoms with van der Waals surface area (Å²) < 4.78 is 5.58. The lowest BCUT2D eigenvalue weighted by Gasteiger charge is -2.20. The Balaban J connectivity index is 2.75. The van der Waals surface area contributed by atoms with Gasteiger partial charge in [0.15, 0.2) is 0 Å². The standard InChI is InChI=1S/C15H24O2/c1-4-10-17-14-9-7-8-13(11-14)15(16)12(5-2)6-3/h7-9,11-12,15-16H,4-6,10H2,1-3H3. The minimum absolute atomic E-state index is 0.330. The SMILES string of the molecule is CCCOc1cccc(C(O)C(CC)CC)c1. The Morgan fingerprint density at radius 3 is 2.47 bits per heavy atom. The van der Waals surface area contributed by atoms with E-state index in [1.165, 1.54) is 0 Å². The van der Waals surface area contributed by atoms with Gasteiger partial charge in [0.2, 0.25) is 0 Å². The van der Waals surface area contributed by atoms with E-state index in [9.17, 15) is 5.11 Å². The zero-order valence-electron chi connectivity index (χ0n) is 11.1. The molecule has 0 aliphatic heterocycles. The van der Waals surface area contributed by atoms with Crippen LogP contribution < -0.4 is 4.74 Å². The summed E-state index contributed by atoms with van der Waals surface area (Å²) in [4.78, 5) is 0. The van der Waals surface area contributed by atoms with Crippen LogP contribution in [0.25, 0.3) is 0 Å². The van der Waals surface area contributed by atoms with Crippen molar-refractivity contribution < 1.29 is 9.84 Å². The lowest BCUT2D eigenvalue weighted by molar-refractivity contribution is 0.103. The van der Waals surface area contributed by atoms with Crippen LogP contribution in [0.4, 0.5) is 0 Å². The molecule has 17 heavy (non-hydrogen) atoms. The zero-order valence-corrected chi connectivity index (χ0v) is 11.1. The Bertz CT molecular complexity index is 318. The molecule has 96 valence electrons. The van der Waals surface area contributed by atoms with Gasteiger partial charge in [0, 0.05) is 0 Å². The minimum atomic E-state index is -0.379. The first-order valence-electron chi connectivity index (χ1n) is 6.63. The molecule has 0 heterocycles. The van der Waals surface area contributed by atoms with Gasteiger partial charge in [-0.3, -0.25) is 0 Å². The Kier molecular flexibility index (Phi) is 6.06. The van der Waals surface area contributed by atoms with Crippen molar-refractivity contribution in [2.45, 2.75) is 46.1 Å². The normalized spacial score (nSPS) is 12.8. The highest BCUT2D eigenvalue weighted by Gasteiger charge is 2.17. The van der Waals surface area contributed by atoms with Crippen LogP contribution in [0.1, 0.15) is 51.7 Å². The van der Waals surface area contributed by atoms with Gasteiger partial charge in [0.1, 0.15) is 5.75 Å². The molecule has 1 unspecified atom stereocenters. The van der Waals surface area contributed by atoms with E-state index >= 15 is 0 Å². The molecule has 1 rings (SSSR count). The van der Waals surface area contributed by atoms with Crippen LogP contribution in [0, 0.1) is 5.92 Å². The van der Waals surface area contributed by atoms with Crippen molar-refractivity contribution in [1.82, 2.24) is 0 Å². The summed E-state index contributed by atoms with van der Waals surface area (Å²) in [5.74, 6) is 1.19. The average Bonchev–Trinajstić information content (AvgIpc) is 2.38. The summed E-state index contributed by atoms with van der Waals surface area (Å²) in [6.07, 6.45) is 2.62. The van der Waals surface area contributed by atoms with Crippen LogP contribution in [-0.2, 0) is 0 Å². The maximum Gasteiger partial charge on any atom is 0.119 e. The Morgan fingerprint density at radius 1 is 1.18 bits per heavy atom. The Morgan fingerprint density at radius 2 is 1.88 bits per heavy atom. The van der Waals surface area contributed by atoms with Crippen LogP contribution in [0.3, 0.4) is 0 Å². The largest absolute Gasteiger partial charge is 0.494 e. The second-order valence-electron chi connectivity index (χ2n) is 4.44. The maximum atomic E-state index is 10.3. The molecule has 0 aliphatic carbocycles. The number of aliphatic hydroxyl groups excluding tert-OH is 1. The monoisotopic (exact) mass is 236 g/mol. The number of rotatable bonds is 7. The maximum absolute atomic E-state index is 10.3. The molecule has 0 aromatic heterocycles. The quantitative estimate of drug-likeness (QED) is 0.777. The molecule has 0 fully saturated rings. The summed E-state index contributed by atoms with van der Waals surface area (Å²) >= 11 is 0. The van der Waals surface area contributed by atoms with Gasteiger partial charge in [-0.1, -0.05) is 45.7 Å². The molecule has 1 N–H and O–H groups in total. The highest BCUT2D eigenvalue weighted by Crippen LogP contribution is 2.29. The van der Waals surface area contributed by atoms with Gasteiger partial charge in [0.25, 0.3) is 0 Å². The van der Waals surface area contributed by atoms with E-state index in [2.05, 4.69) is 20.8 Å². The molecule has 1 aromatic carbocycles. The van der Waals surface area contributed by atoms with E-state index in [-0.39, 0.29) is 6.10 Å². The smallest absolute Gasteiger partial charge is 0.119 e. The third kappa shape index (κ3) is 4.04. The number of aliphatic hydroxyl groups is 1. The molecule has 0 saturated carbocycles. The number of ether oxygens (including phenoxy) is 1. The molecule has 1 aromatic rings. The van der Waals surface area contributed by atoms with Gasteiger partial charge in [-0.05, 0) is 30.0 Å². The van der Waals surface area contributed by atoms with Crippen LogP contribution >= 0.6 is 0 Å². The van der Waals surface area contributed by atoms with Gasteiger partial charge >= 0.3 is 0 Å². The van der Waals surface area contributed by atoms with Gasteiger partial charge in [0.05, 0.1) is 12.7 Å². The third-order valence-corrected chi connectivity index (χ3v) is 3.17. The highest BCUT2D eigenvalue weighted by atomic mass is 16.5. The van der Waals surface area contributed by atoms with Crippen molar-refractivity contribution >= 4 is 0 Å². The molecule has 2 heteroatoms. The van der Waals surface area contributed by atoms with Crippen molar-refractivity contribution in [1.29, 1.82) is 0 Å². The fraction of sp³-hybridized carbons (Fsp3) is 0.600. The first-order chi connectivity index (χ1) is 8.22. The fourth-order valence-electron chi connectivity index (χ4n) is 2.02.